The molecular weight excluding hydrogens is 379 g/mol. The molecule has 9 nitrogen and oxygen atoms in total. The fraction of sp³-hybridized carbons (Fsp3) is 0.105. The second-order valence-corrected chi connectivity index (χ2v) is 6.02. The first-order valence-corrected chi connectivity index (χ1v) is 8.68. The highest BCUT2D eigenvalue weighted by Gasteiger charge is 2.11. The molecule has 0 radical (unpaired) electrons. The molecule has 0 fully saturated rings. The number of amides is 1. The molecule has 10 heteroatoms. The number of pyridine rings is 1. The van der Waals surface area contributed by atoms with E-state index in [1.54, 1.807) is 24.3 Å². The topological polar surface area (TPSA) is 114 Å². The van der Waals surface area contributed by atoms with Crippen molar-refractivity contribution in [1.82, 2.24) is 30.1 Å². The van der Waals surface area contributed by atoms with Crippen LogP contribution in [0.2, 0.25) is 0 Å². The molecule has 4 rings (SSSR count). The number of rotatable bonds is 6. The summed E-state index contributed by atoms with van der Waals surface area (Å²) in [7, 11) is 0. The molecule has 2 N–H and O–H groups in total. The van der Waals surface area contributed by atoms with Crippen LogP contribution in [0.5, 0.6) is 5.88 Å². The molecule has 3 aromatic heterocycles. The van der Waals surface area contributed by atoms with E-state index < -0.39 is 0 Å². The van der Waals surface area contributed by atoms with Crippen LogP contribution in [0.3, 0.4) is 0 Å². The Morgan fingerprint density at radius 2 is 1.93 bits per heavy atom. The molecule has 0 saturated heterocycles. The lowest BCUT2D eigenvalue weighted by Gasteiger charge is -2.07. The molecule has 0 aliphatic carbocycles. The van der Waals surface area contributed by atoms with E-state index in [9.17, 15) is 14.0 Å². The van der Waals surface area contributed by atoms with Crippen molar-refractivity contribution in [2.75, 3.05) is 13.2 Å². The molecular formula is C19H15FN6O3. The second kappa shape index (κ2) is 7.89. The third-order valence-electron chi connectivity index (χ3n) is 4.02. The van der Waals surface area contributed by atoms with Crippen molar-refractivity contribution in [1.29, 1.82) is 0 Å². The van der Waals surface area contributed by atoms with E-state index in [0.29, 0.717) is 28.5 Å². The van der Waals surface area contributed by atoms with Crippen molar-refractivity contribution in [3.8, 4) is 17.3 Å². The lowest BCUT2D eigenvalue weighted by molar-refractivity contribution is 0.0946. The third kappa shape index (κ3) is 4.10. The summed E-state index contributed by atoms with van der Waals surface area (Å²) in [5.74, 6) is 0.102. The molecule has 0 spiro atoms. The van der Waals surface area contributed by atoms with Crippen molar-refractivity contribution in [3.63, 3.8) is 0 Å². The van der Waals surface area contributed by atoms with E-state index in [4.69, 9.17) is 4.74 Å². The maximum Gasteiger partial charge on any atom is 0.252 e. The third-order valence-corrected chi connectivity index (χ3v) is 4.02. The normalized spacial score (nSPS) is 10.8. The van der Waals surface area contributed by atoms with Crippen LogP contribution in [0.4, 0.5) is 4.39 Å². The molecule has 1 aromatic carbocycles. The molecule has 0 aliphatic rings. The van der Waals surface area contributed by atoms with E-state index in [0.717, 1.165) is 0 Å². The molecule has 0 unspecified atom stereocenters. The van der Waals surface area contributed by atoms with Gasteiger partial charge in [0.05, 0.1) is 12.1 Å². The summed E-state index contributed by atoms with van der Waals surface area (Å²) in [6, 6.07) is 11.9. The fourth-order valence-electron chi connectivity index (χ4n) is 2.60. The summed E-state index contributed by atoms with van der Waals surface area (Å²) in [5.41, 5.74) is 1.25. The van der Waals surface area contributed by atoms with E-state index in [2.05, 4.69) is 25.6 Å². The predicted molar refractivity (Wildman–Crippen MR) is 101 cm³/mol. The van der Waals surface area contributed by atoms with Crippen LogP contribution < -0.4 is 15.6 Å². The Bertz CT molecular complexity index is 1200. The number of hydrogen-bond donors (Lipinski definition) is 2. The molecule has 3 heterocycles. The summed E-state index contributed by atoms with van der Waals surface area (Å²) in [4.78, 5) is 25.4. The minimum atomic E-state index is -0.344. The SMILES string of the molecule is O=C(NCCOc1ccc2nnc(-c3ccc(F)cc3)n2n1)c1ccc(=O)[nH]c1. The van der Waals surface area contributed by atoms with Crippen LogP contribution >= 0.6 is 0 Å². The van der Waals surface area contributed by atoms with Gasteiger partial charge in [-0.25, -0.2) is 4.39 Å². The van der Waals surface area contributed by atoms with Gasteiger partial charge in [0.25, 0.3) is 5.91 Å². The van der Waals surface area contributed by atoms with Crippen molar-refractivity contribution < 1.29 is 13.9 Å². The summed E-state index contributed by atoms with van der Waals surface area (Å²) >= 11 is 0. The number of fused-ring (bicyclic) bond motifs is 1. The molecule has 1 amide bonds. The van der Waals surface area contributed by atoms with E-state index >= 15 is 0 Å². The van der Waals surface area contributed by atoms with Gasteiger partial charge in [-0.3, -0.25) is 9.59 Å². The molecule has 146 valence electrons. The Morgan fingerprint density at radius 1 is 1.10 bits per heavy atom. The average molecular weight is 394 g/mol. The highest BCUT2D eigenvalue weighted by Crippen LogP contribution is 2.19. The zero-order valence-corrected chi connectivity index (χ0v) is 15.0. The number of carbonyl (C=O) groups is 1. The van der Waals surface area contributed by atoms with Gasteiger partial charge < -0.3 is 15.0 Å². The van der Waals surface area contributed by atoms with Crippen molar-refractivity contribution in [3.05, 3.63) is 76.5 Å². The van der Waals surface area contributed by atoms with E-state index in [-0.39, 0.29) is 30.4 Å². The van der Waals surface area contributed by atoms with Gasteiger partial charge in [0, 0.05) is 23.9 Å². The van der Waals surface area contributed by atoms with Crippen molar-refractivity contribution in [2.45, 2.75) is 0 Å². The molecule has 4 aromatic rings. The highest BCUT2D eigenvalue weighted by molar-refractivity contribution is 5.93. The van der Waals surface area contributed by atoms with E-state index in [1.807, 2.05) is 0 Å². The number of H-pyrrole nitrogens is 1. The number of benzene rings is 1. The number of nitrogens with one attached hydrogen (secondary N) is 2. The number of halogens is 1. The van der Waals surface area contributed by atoms with Gasteiger partial charge in [0.1, 0.15) is 12.4 Å². The first-order chi connectivity index (χ1) is 14.1. The highest BCUT2D eigenvalue weighted by atomic mass is 19.1. The van der Waals surface area contributed by atoms with Crippen LogP contribution in [0, 0.1) is 5.82 Å². The van der Waals surface area contributed by atoms with Crippen LogP contribution in [0.25, 0.3) is 17.0 Å². The van der Waals surface area contributed by atoms with Gasteiger partial charge in [-0.1, -0.05) is 0 Å². The standard InChI is InChI=1S/C19H15FN6O3/c20-14-4-1-12(2-5-14)18-24-23-15-6-8-17(25-26(15)18)29-10-9-21-19(28)13-3-7-16(27)22-11-13/h1-8,11H,9-10H2,(H,21,28)(H,22,27). The van der Waals surface area contributed by atoms with Gasteiger partial charge in [0.2, 0.25) is 11.4 Å². The summed E-state index contributed by atoms with van der Waals surface area (Å²) in [6.45, 7) is 0.423. The molecule has 0 bridgehead atoms. The second-order valence-electron chi connectivity index (χ2n) is 6.02. The summed E-state index contributed by atoms with van der Waals surface area (Å²) in [6.07, 6.45) is 1.34. The zero-order valence-electron chi connectivity index (χ0n) is 15.0. The number of nitrogens with zero attached hydrogens (tertiary/aromatic N) is 4. The number of aromatic nitrogens is 5. The minimum Gasteiger partial charge on any atom is -0.475 e. The number of carbonyl (C=O) groups excluding carboxylic acids is 1. The van der Waals surface area contributed by atoms with Crippen LogP contribution in [0.1, 0.15) is 10.4 Å². The van der Waals surface area contributed by atoms with Crippen LogP contribution in [0.15, 0.2) is 59.5 Å². The van der Waals surface area contributed by atoms with Crippen molar-refractivity contribution >= 4 is 11.6 Å². The summed E-state index contributed by atoms with van der Waals surface area (Å²) < 4.78 is 20.2. The first-order valence-electron chi connectivity index (χ1n) is 8.68. The van der Waals surface area contributed by atoms with E-state index in [1.165, 1.54) is 35.0 Å². The largest absolute Gasteiger partial charge is 0.475 e. The van der Waals surface area contributed by atoms with Gasteiger partial charge in [-0.15, -0.1) is 15.3 Å². The lowest BCUT2D eigenvalue weighted by Crippen LogP contribution is -2.28. The van der Waals surface area contributed by atoms with Crippen LogP contribution in [-0.4, -0.2) is 43.9 Å². The minimum absolute atomic E-state index is 0.182. The number of aromatic amines is 1. The first kappa shape index (κ1) is 18.3. The molecule has 0 atom stereocenters. The predicted octanol–water partition coefficient (Wildman–Crippen LogP) is 1.43. The van der Waals surface area contributed by atoms with Gasteiger partial charge in [0.15, 0.2) is 11.5 Å². The smallest absolute Gasteiger partial charge is 0.252 e. The Morgan fingerprint density at radius 3 is 2.69 bits per heavy atom. The van der Waals surface area contributed by atoms with Gasteiger partial charge in [-0.05, 0) is 36.4 Å². The van der Waals surface area contributed by atoms with Gasteiger partial charge >= 0.3 is 0 Å². The Hall–Kier alpha value is -4.08. The average Bonchev–Trinajstić information content (AvgIpc) is 3.15. The number of hydrogen-bond acceptors (Lipinski definition) is 6. The van der Waals surface area contributed by atoms with Gasteiger partial charge in [-0.2, -0.15) is 4.52 Å². The summed E-state index contributed by atoms with van der Waals surface area (Å²) in [5, 5.41) is 15.1. The Kier molecular flexibility index (Phi) is 4.97. The number of ether oxygens (including phenoxy) is 1. The maximum atomic E-state index is 13.1. The molecule has 0 saturated carbocycles. The van der Waals surface area contributed by atoms with Crippen LogP contribution in [-0.2, 0) is 0 Å². The monoisotopic (exact) mass is 394 g/mol. The fourth-order valence-corrected chi connectivity index (χ4v) is 2.60. The quantitative estimate of drug-likeness (QED) is 0.478. The lowest BCUT2D eigenvalue weighted by atomic mass is 10.2. The maximum absolute atomic E-state index is 13.1. The Balaban J connectivity index is 1.40. The van der Waals surface area contributed by atoms with Crippen molar-refractivity contribution in [2.24, 2.45) is 0 Å². The Labute approximate surface area is 163 Å². The zero-order chi connectivity index (χ0) is 20.2. The molecule has 29 heavy (non-hydrogen) atoms. The molecule has 0 aliphatic heterocycles.